The molecule has 0 fully saturated rings. The molecule has 0 aliphatic heterocycles. The SMILES string of the molecule is CCCCOC(C)C(=O)Nc1ccc(N)nc1. The number of pyridine rings is 1. The zero-order valence-corrected chi connectivity index (χ0v) is 10.3. The van der Waals surface area contributed by atoms with Gasteiger partial charge in [-0.3, -0.25) is 4.79 Å². The fraction of sp³-hybridized carbons (Fsp3) is 0.500. The van der Waals surface area contributed by atoms with Crippen molar-refractivity contribution in [1.29, 1.82) is 0 Å². The summed E-state index contributed by atoms with van der Waals surface area (Å²) in [5, 5.41) is 2.71. The van der Waals surface area contributed by atoms with Crippen LogP contribution in [-0.2, 0) is 9.53 Å². The van der Waals surface area contributed by atoms with Gasteiger partial charge in [-0.2, -0.15) is 0 Å². The summed E-state index contributed by atoms with van der Waals surface area (Å²) in [4.78, 5) is 15.6. The van der Waals surface area contributed by atoms with Gasteiger partial charge in [-0.25, -0.2) is 4.98 Å². The monoisotopic (exact) mass is 237 g/mol. The van der Waals surface area contributed by atoms with Gasteiger partial charge in [-0.05, 0) is 25.5 Å². The molecule has 0 saturated carbocycles. The number of nitrogen functional groups attached to an aromatic ring is 1. The number of carbonyl (C=O) groups is 1. The Hall–Kier alpha value is -1.62. The molecule has 1 atom stereocenters. The average Bonchev–Trinajstić information content (AvgIpc) is 2.32. The number of unbranched alkanes of at least 4 members (excludes halogenated alkanes) is 1. The van der Waals surface area contributed by atoms with Crippen molar-refractivity contribution in [1.82, 2.24) is 4.98 Å². The summed E-state index contributed by atoms with van der Waals surface area (Å²) in [5.41, 5.74) is 6.07. The minimum atomic E-state index is -0.459. The number of carbonyl (C=O) groups excluding carboxylic acids is 1. The highest BCUT2D eigenvalue weighted by atomic mass is 16.5. The van der Waals surface area contributed by atoms with E-state index in [-0.39, 0.29) is 5.91 Å². The molecule has 0 bridgehead atoms. The molecular formula is C12H19N3O2. The lowest BCUT2D eigenvalue weighted by molar-refractivity contribution is -0.126. The predicted octanol–water partition coefficient (Wildman–Crippen LogP) is 1.81. The van der Waals surface area contributed by atoms with Crippen molar-refractivity contribution in [2.45, 2.75) is 32.8 Å². The maximum atomic E-state index is 11.7. The Balaban J connectivity index is 2.40. The second-order valence-electron chi connectivity index (χ2n) is 3.83. The third-order valence-electron chi connectivity index (χ3n) is 2.29. The van der Waals surface area contributed by atoms with Crippen molar-refractivity contribution < 1.29 is 9.53 Å². The molecule has 17 heavy (non-hydrogen) atoms. The number of rotatable bonds is 6. The van der Waals surface area contributed by atoms with Crippen LogP contribution in [0.5, 0.6) is 0 Å². The lowest BCUT2D eigenvalue weighted by Gasteiger charge is -2.12. The summed E-state index contributed by atoms with van der Waals surface area (Å²) in [6.45, 7) is 4.41. The maximum Gasteiger partial charge on any atom is 0.253 e. The van der Waals surface area contributed by atoms with Gasteiger partial charge in [-0.15, -0.1) is 0 Å². The van der Waals surface area contributed by atoms with Gasteiger partial charge in [0.05, 0.1) is 11.9 Å². The number of ether oxygens (including phenoxy) is 1. The molecule has 1 unspecified atom stereocenters. The number of nitrogens with one attached hydrogen (secondary N) is 1. The van der Waals surface area contributed by atoms with Gasteiger partial charge in [0, 0.05) is 6.61 Å². The van der Waals surface area contributed by atoms with E-state index in [1.165, 1.54) is 6.20 Å². The Morgan fingerprint density at radius 1 is 1.59 bits per heavy atom. The molecular weight excluding hydrogens is 218 g/mol. The molecule has 0 spiro atoms. The number of aromatic nitrogens is 1. The highest BCUT2D eigenvalue weighted by molar-refractivity contribution is 5.93. The van der Waals surface area contributed by atoms with Crippen LogP contribution in [0, 0.1) is 0 Å². The van der Waals surface area contributed by atoms with Crippen molar-refractivity contribution in [3.05, 3.63) is 18.3 Å². The largest absolute Gasteiger partial charge is 0.384 e. The third-order valence-corrected chi connectivity index (χ3v) is 2.29. The lowest BCUT2D eigenvalue weighted by atomic mass is 10.3. The van der Waals surface area contributed by atoms with Crippen LogP contribution in [0.15, 0.2) is 18.3 Å². The second kappa shape index (κ2) is 6.85. The van der Waals surface area contributed by atoms with Crippen molar-refractivity contribution in [3.8, 4) is 0 Å². The molecule has 0 saturated heterocycles. The molecule has 0 aliphatic rings. The average molecular weight is 237 g/mol. The Morgan fingerprint density at radius 2 is 2.35 bits per heavy atom. The number of hydrogen-bond donors (Lipinski definition) is 2. The molecule has 0 aromatic carbocycles. The molecule has 3 N–H and O–H groups in total. The fourth-order valence-corrected chi connectivity index (χ4v) is 1.20. The van der Waals surface area contributed by atoms with Gasteiger partial charge in [0.2, 0.25) is 0 Å². The smallest absolute Gasteiger partial charge is 0.253 e. The van der Waals surface area contributed by atoms with Crippen molar-refractivity contribution in [3.63, 3.8) is 0 Å². The quantitative estimate of drug-likeness (QED) is 0.740. The summed E-state index contributed by atoms with van der Waals surface area (Å²) >= 11 is 0. The van der Waals surface area contributed by atoms with Crippen molar-refractivity contribution >= 4 is 17.4 Å². The number of amides is 1. The van der Waals surface area contributed by atoms with E-state index in [2.05, 4.69) is 17.2 Å². The molecule has 5 heteroatoms. The van der Waals surface area contributed by atoms with Crippen LogP contribution in [0.2, 0.25) is 0 Å². The first-order valence-corrected chi connectivity index (χ1v) is 5.77. The molecule has 1 aromatic rings. The number of nitrogens with zero attached hydrogens (tertiary/aromatic N) is 1. The highest BCUT2D eigenvalue weighted by Crippen LogP contribution is 2.08. The Labute approximate surface area is 101 Å². The summed E-state index contributed by atoms with van der Waals surface area (Å²) in [6, 6.07) is 3.34. The maximum absolute atomic E-state index is 11.7. The summed E-state index contributed by atoms with van der Waals surface area (Å²) < 4.78 is 5.38. The zero-order valence-electron chi connectivity index (χ0n) is 10.3. The molecule has 94 valence electrons. The first-order valence-electron chi connectivity index (χ1n) is 5.77. The van der Waals surface area contributed by atoms with E-state index in [0.717, 1.165) is 12.8 Å². The minimum absolute atomic E-state index is 0.173. The van der Waals surface area contributed by atoms with Crippen LogP contribution in [0.4, 0.5) is 11.5 Å². The summed E-state index contributed by atoms with van der Waals surface area (Å²) in [6.07, 6.45) is 3.07. The normalized spacial score (nSPS) is 12.1. The van der Waals surface area contributed by atoms with Gasteiger partial charge in [0.1, 0.15) is 11.9 Å². The number of anilines is 2. The van der Waals surface area contributed by atoms with Crippen molar-refractivity contribution in [2.24, 2.45) is 0 Å². The van der Waals surface area contributed by atoms with Crippen molar-refractivity contribution in [2.75, 3.05) is 17.7 Å². The number of hydrogen-bond acceptors (Lipinski definition) is 4. The van der Waals surface area contributed by atoms with Crippen LogP contribution < -0.4 is 11.1 Å². The van der Waals surface area contributed by atoms with Crippen LogP contribution in [0.1, 0.15) is 26.7 Å². The topological polar surface area (TPSA) is 77.2 Å². The Bertz CT molecular complexity index is 351. The van der Waals surface area contributed by atoms with E-state index in [4.69, 9.17) is 10.5 Å². The molecule has 1 heterocycles. The first kappa shape index (κ1) is 13.4. The van der Waals surface area contributed by atoms with E-state index in [0.29, 0.717) is 18.1 Å². The molecule has 1 rings (SSSR count). The van der Waals surface area contributed by atoms with Gasteiger partial charge in [0.25, 0.3) is 5.91 Å². The van der Waals surface area contributed by atoms with Gasteiger partial charge < -0.3 is 15.8 Å². The minimum Gasteiger partial charge on any atom is -0.384 e. The molecule has 1 aromatic heterocycles. The molecule has 0 radical (unpaired) electrons. The van der Waals surface area contributed by atoms with Gasteiger partial charge in [0.15, 0.2) is 0 Å². The number of nitrogens with two attached hydrogens (primary N) is 1. The van der Waals surface area contributed by atoms with E-state index >= 15 is 0 Å². The standard InChI is InChI=1S/C12H19N3O2/c1-3-4-7-17-9(2)12(16)15-10-5-6-11(13)14-8-10/h5-6,8-9H,3-4,7H2,1-2H3,(H2,13,14)(H,15,16). The summed E-state index contributed by atoms with van der Waals surface area (Å²) in [5.74, 6) is 0.253. The fourth-order valence-electron chi connectivity index (χ4n) is 1.20. The van der Waals surface area contributed by atoms with Crippen LogP contribution >= 0.6 is 0 Å². The summed E-state index contributed by atoms with van der Waals surface area (Å²) in [7, 11) is 0. The Morgan fingerprint density at radius 3 is 2.94 bits per heavy atom. The van der Waals surface area contributed by atoms with E-state index in [1.54, 1.807) is 19.1 Å². The molecule has 0 aliphatic carbocycles. The highest BCUT2D eigenvalue weighted by Gasteiger charge is 2.12. The van der Waals surface area contributed by atoms with Crippen LogP contribution in [0.25, 0.3) is 0 Å². The van der Waals surface area contributed by atoms with Crippen LogP contribution in [0.3, 0.4) is 0 Å². The lowest BCUT2D eigenvalue weighted by Crippen LogP contribution is -2.28. The Kier molecular flexibility index (Phi) is 5.42. The zero-order chi connectivity index (χ0) is 12.7. The van der Waals surface area contributed by atoms with Gasteiger partial charge in [-0.1, -0.05) is 13.3 Å². The second-order valence-corrected chi connectivity index (χ2v) is 3.83. The predicted molar refractivity (Wildman–Crippen MR) is 67.6 cm³/mol. The molecule has 1 amide bonds. The third kappa shape index (κ3) is 4.82. The van der Waals surface area contributed by atoms with E-state index in [9.17, 15) is 4.79 Å². The molecule has 5 nitrogen and oxygen atoms in total. The first-order chi connectivity index (χ1) is 8.13. The van der Waals surface area contributed by atoms with Gasteiger partial charge >= 0.3 is 0 Å². The van der Waals surface area contributed by atoms with E-state index < -0.39 is 6.10 Å². The van der Waals surface area contributed by atoms with E-state index in [1.807, 2.05) is 0 Å². The van der Waals surface area contributed by atoms with Crippen LogP contribution in [-0.4, -0.2) is 23.6 Å².